The van der Waals surface area contributed by atoms with Crippen molar-refractivity contribution in [1.29, 1.82) is 0 Å². The molecule has 0 atom stereocenters. The second kappa shape index (κ2) is 5.77. The van der Waals surface area contributed by atoms with Crippen LogP contribution < -0.4 is 0 Å². The van der Waals surface area contributed by atoms with E-state index in [2.05, 4.69) is 11.3 Å². The SMILES string of the molecule is C=CCN(CCC)C(=O)OC. The van der Waals surface area contributed by atoms with Crippen LogP contribution in [0.2, 0.25) is 0 Å². The largest absolute Gasteiger partial charge is 0.453 e. The van der Waals surface area contributed by atoms with Crippen molar-refractivity contribution >= 4 is 6.09 Å². The van der Waals surface area contributed by atoms with E-state index in [1.54, 1.807) is 11.0 Å². The van der Waals surface area contributed by atoms with Gasteiger partial charge < -0.3 is 9.64 Å². The molecule has 64 valence electrons. The summed E-state index contributed by atoms with van der Waals surface area (Å²) in [5.74, 6) is 0. The molecule has 0 fully saturated rings. The van der Waals surface area contributed by atoms with Crippen molar-refractivity contribution in [3.63, 3.8) is 0 Å². The molecule has 0 aromatic rings. The van der Waals surface area contributed by atoms with Gasteiger partial charge in [-0.1, -0.05) is 13.0 Å². The van der Waals surface area contributed by atoms with Crippen molar-refractivity contribution in [1.82, 2.24) is 4.90 Å². The topological polar surface area (TPSA) is 29.5 Å². The first-order valence-corrected chi connectivity index (χ1v) is 3.70. The summed E-state index contributed by atoms with van der Waals surface area (Å²) in [7, 11) is 1.38. The van der Waals surface area contributed by atoms with Gasteiger partial charge in [-0.05, 0) is 6.42 Å². The molecule has 3 nitrogen and oxygen atoms in total. The van der Waals surface area contributed by atoms with Crippen molar-refractivity contribution in [2.24, 2.45) is 0 Å². The molecular weight excluding hydrogens is 142 g/mol. The molecule has 0 radical (unpaired) electrons. The monoisotopic (exact) mass is 157 g/mol. The number of carbonyl (C=O) groups excluding carboxylic acids is 1. The van der Waals surface area contributed by atoms with Crippen LogP contribution in [-0.4, -0.2) is 31.2 Å². The van der Waals surface area contributed by atoms with Crippen molar-refractivity contribution in [2.75, 3.05) is 20.2 Å². The number of carbonyl (C=O) groups is 1. The van der Waals surface area contributed by atoms with Crippen LogP contribution in [0.25, 0.3) is 0 Å². The van der Waals surface area contributed by atoms with Crippen molar-refractivity contribution in [3.05, 3.63) is 12.7 Å². The lowest BCUT2D eigenvalue weighted by atomic mass is 10.4. The maximum Gasteiger partial charge on any atom is 0.409 e. The van der Waals surface area contributed by atoms with E-state index in [-0.39, 0.29) is 6.09 Å². The van der Waals surface area contributed by atoms with Crippen LogP contribution in [0.5, 0.6) is 0 Å². The summed E-state index contributed by atoms with van der Waals surface area (Å²) >= 11 is 0. The van der Waals surface area contributed by atoms with Crippen LogP contribution >= 0.6 is 0 Å². The Bertz CT molecular complexity index is 134. The summed E-state index contributed by atoms with van der Waals surface area (Å²) in [6.07, 6.45) is 2.34. The van der Waals surface area contributed by atoms with Crippen LogP contribution in [0.3, 0.4) is 0 Å². The lowest BCUT2D eigenvalue weighted by Gasteiger charge is -2.17. The number of hydrogen-bond acceptors (Lipinski definition) is 2. The summed E-state index contributed by atoms with van der Waals surface area (Å²) < 4.78 is 4.56. The van der Waals surface area contributed by atoms with Crippen molar-refractivity contribution in [2.45, 2.75) is 13.3 Å². The van der Waals surface area contributed by atoms with Gasteiger partial charge in [0.15, 0.2) is 0 Å². The Labute approximate surface area is 67.6 Å². The first kappa shape index (κ1) is 10.0. The Morgan fingerprint density at radius 1 is 1.73 bits per heavy atom. The highest BCUT2D eigenvalue weighted by Crippen LogP contribution is 1.94. The van der Waals surface area contributed by atoms with Crippen LogP contribution in [0.1, 0.15) is 13.3 Å². The molecule has 0 unspecified atom stereocenters. The maximum absolute atomic E-state index is 10.9. The van der Waals surface area contributed by atoms with E-state index in [9.17, 15) is 4.79 Å². The van der Waals surface area contributed by atoms with Gasteiger partial charge in [0.05, 0.1) is 7.11 Å². The molecule has 0 N–H and O–H groups in total. The lowest BCUT2D eigenvalue weighted by molar-refractivity contribution is 0.128. The number of amides is 1. The van der Waals surface area contributed by atoms with Gasteiger partial charge in [-0.3, -0.25) is 0 Å². The molecule has 3 heteroatoms. The fraction of sp³-hybridized carbons (Fsp3) is 0.625. The molecular formula is C8H15NO2. The zero-order valence-electron chi connectivity index (χ0n) is 7.17. The summed E-state index contributed by atoms with van der Waals surface area (Å²) in [6, 6.07) is 0. The van der Waals surface area contributed by atoms with E-state index in [1.807, 2.05) is 6.92 Å². The van der Waals surface area contributed by atoms with Crippen LogP contribution in [0, 0.1) is 0 Å². The molecule has 0 saturated carbocycles. The highest BCUT2D eigenvalue weighted by molar-refractivity contribution is 5.67. The van der Waals surface area contributed by atoms with Gasteiger partial charge in [-0.25, -0.2) is 4.79 Å². The molecule has 11 heavy (non-hydrogen) atoms. The second-order valence-electron chi connectivity index (χ2n) is 2.20. The molecule has 0 rings (SSSR count). The third-order valence-corrected chi connectivity index (χ3v) is 1.28. The highest BCUT2D eigenvalue weighted by atomic mass is 16.5. The average molecular weight is 157 g/mol. The number of methoxy groups -OCH3 is 1. The first-order chi connectivity index (χ1) is 5.26. The molecule has 0 saturated heterocycles. The van der Waals surface area contributed by atoms with E-state index in [1.165, 1.54) is 7.11 Å². The summed E-state index contributed by atoms with van der Waals surface area (Å²) in [5.41, 5.74) is 0. The maximum atomic E-state index is 10.9. The summed E-state index contributed by atoms with van der Waals surface area (Å²) in [6.45, 7) is 6.84. The van der Waals surface area contributed by atoms with E-state index in [0.717, 1.165) is 13.0 Å². The van der Waals surface area contributed by atoms with E-state index in [0.29, 0.717) is 6.54 Å². The predicted octanol–water partition coefficient (Wildman–Crippen LogP) is 1.65. The van der Waals surface area contributed by atoms with Gasteiger partial charge in [0, 0.05) is 13.1 Å². The van der Waals surface area contributed by atoms with Gasteiger partial charge in [-0.2, -0.15) is 0 Å². The number of nitrogens with zero attached hydrogens (tertiary/aromatic N) is 1. The highest BCUT2D eigenvalue weighted by Gasteiger charge is 2.09. The molecule has 1 amide bonds. The molecule has 0 aromatic heterocycles. The lowest BCUT2D eigenvalue weighted by Crippen LogP contribution is -2.31. The minimum absolute atomic E-state index is 0.285. The van der Waals surface area contributed by atoms with Crippen LogP contribution in [0.15, 0.2) is 12.7 Å². The third-order valence-electron chi connectivity index (χ3n) is 1.28. The normalized spacial score (nSPS) is 8.91. The second-order valence-corrected chi connectivity index (χ2v) is 2.20. The Balaban J connectivity index is 3.86. The standard InChI is InChI=1S/C8H15NO2/c1-4-6-9(7-5-2)8(10)11-3/h4H,1,5-7H2,2-3H3. The van der Waals surface area contributed by atoms with Crippen LogP contribution in [-0.2, 0) is 4.74 Å². The fourth-order valence-electron chi connectivity index (χ4n) is 0.812. The zero-order valence-corrected chi connectivity index (χ0v) is 7.17. The molecule has 0 aliphatic carbocycles. The molecule has 0 aliphatic heterocycles. The van der Waals surface area contributed by atoms with E-state index in [4.69, 9.17) is 0 Å². The van der Waals surface area contributed by atoms with Gasteiger partial charge in [0.25, 0.3) is 0 Å². The van der Waals surface area contributed by atoms with E-state index < -0.39 is 0 Å². The van der Waals surface area contributed by atoms with Gasteiger partial charge >= 0.3 is 6.09 Å². The summed E-state index contributed by atoms with van der Waals surface area (Å²) in [4.78, 5) is 12.6. The third kappa shape index (κ3) is 3.65. The van der Waals surface area contributed by atoms with Crippen molar-refractivity contribution in [3.8, 4) is 0 Å². The average Bonchev–Trinajstić information content (AvgIpc) is 2.03. The molecule has 0 aliphatic rings. The minimum atomic E-state index is -0.285. The smallest absolute Gasteiger partial charge is 0.409 e. The Hall–Kier alpha value is -0.990. The minimum Gasteiger partial charge on any atom is -0.453 e. The zero-order chi connectivity index (χ0) is 8.69. The number of hydrogen-bond donors (Lipinski definition) is 0. The van der Waals surface area contributed by atoms with E-state index >= 15 is 0 Å². The Morgan fingerprint density at radius 3 is 2.73 bits per heavy atom. The van der Waals surface area contributed by atoms with Gasteiger partial charge in [0.1, 0.15) is 0 Å². The molecule has 0 spiro atoms. The predicted molar refractivity (Wildman–Crippen MR) is 44.5 cm³/mol. The van der Waals surface area contributed by atoms with Crippen LogP contribution in [0.4, 0.5) is 4.79 Å². The van der Waals surface area contributed by atoms with Gasteiger partial charge in [-0.15, -0.1) is 6.58 Å². The first-order valence-electron chi connectivity index (χ1n) is 3.70. The Morgan fingerprint density at radius 2 is 2.36 bits per heavy atom. The van der Waals surface area contributed by atoms with Gasteiger partial charge in [0.2, 0.25) is 0 Å². The molecule has 0 heterocycles. The molecule has 0 bridgehead atoms. The Kier molecular flexibility index (Phi) is 5.25. The quantitative estimate of drug-likeness (QED) is 0.581. The number of ether oxygens (including phenoxy) is 1. The van der Waals surface area contributed by atoms with Crippen molar-refractivity contribution < 1.29 is 9.53 Å². The summed E-state index contributed by atoms with van der Waals surface area (Å²) in [5, 5.41) is 0. The number of rotatable bonds is 4. The fourth-order valence-corrected chi connectivity index (χ4v) is 0.812. The molecule has 0 aromatic carbocycles.